The number of halogens is 1. The fraction of sp³-hybridized carbons (Fsp3) is 0.318. The summed E-state index contributed by atoms with van der Waals surface area (Å²) in [6, 6.07) is 6.31. The third-order valence-electron chi connectivity index (χ3n) is 6.01. The molecule has 7 nitrogen and oxygen atoms in total. The Hall–Kier alpha value is -3.42. The second-order valence-corrected chi connectivity index (χ2v) is 8.04. The Morgan fingerprint density at radius 3 is 2.87 bits per heavy atom. The zero-order valence-electron chi connectivity index (χ0n) is 17.0. The first-order chi connectivity index (χ1) is 14.4. The van der Waals surface area contributed by atoms with Crippen molar-refractivity contribution in [2.75, 3.05) is 24.2 Å². The molecular formula is C22H23FN6O. The minimum atomic E-state index is -0.352. The molecule has 1 saturated heterocycles. The van der Waals surface area contributed by atoms with E-state index in [1.807, 2.05) is 19.3 Å². The van der Waals surface area contributed by atoms with Crippen molar-refractivity contribution >= 4 is 17.4 Å². The Labute approximate surface area is 173 Å². The van der Waals surface area contributed by atoms with Gasteiger partial charge in [0.25, 0.3) is 5.91 Å². The number of anilines is 2. The quantitative estimate of drug-likeness (QED) is 0.620. The molecule has 30 heavy (non-hydrogen) atoms. The SMILES string of the molecule is CN1Cc2nn(C)cc2-c2cnc(N)c(c2)N2CCC[C@@H]2c2cc(F)ccc2C1=O. The Morgan fingerprint density at radius 1 is 1.20 bits per heavy atom. The van der Waals surface area contributed by atoms with Crippen LogP contribution in [0.2, 0.25) is 0 Å². The van der Waals surface area contributed by atoms with Crippen LogP contribution in [0.5, 0.6) is 0 Å². The molecule has 3 aromatic rings. The van der Waals surface area contributed by atoms with Gasteiger partial charge in [0.1, 0.15) is 11.6 Å². The van der Waals surface area contributed by atoms with E-state index in [2.05, 4.69) is 15.0 Å². The molecule has 1 atom stereocenters. The van der Waals surface area contributed by atoms with E-state index >= 15 is 0 Å². The molecule has 1 aromatic carbocycles. The van der Waals surface area contributed by atoms with E-state index < -0.39 is 0 Å². The predicted molar refractivity (Wildman–Crippen MR) is 112 cm³/mol. The van der Waals surface area contributed by atoms with Crippen LogP contribution in [0.3, 0.4) is 0 Å². The van der Waals surface area contributed by atoms with Crippen LogP contribution in [0.25, 0.3) is 11.1 Å². The molecule has 8 heteroatoms. The lowest BCUT2D eigenvalue weighted by molar-refractivity contribution is 0.0781. The fourth-order valence-corrected chi connectivity index (χ4v) is 4.62. The van der Waals surface area contributed by atoms with Crippen molar-refractivity contribution < 1.29 is 9.18 Å². The summed E-state index contributed by atoms with van der Waals surface area (Å²) in [5.41, 5.74) is 10.9. The monoisotopic (exact) mass is 406 g/mol. The van der Waals surface area contributed by atoms with E-state index in [-0.39, 0.29) is 17.8 Å². The van der Waals surface area contributed by atoms with E-state index in [0.29, 0.717) is 23.5 Å². The van der Waals surface area contributed by atoms with E-state index in [1.54, 1.807) is 28.9 Å². The smallest absolute Gasteiger partial charge is 0.254 e. The number of hydrogen-bond donors (Lipinski definition) is 1. The van der Waals surface area contributed by atoms with Crippen LogP contribution in [0.1, 0.15) is 40.5 Å². The third-order valence-corrected chi connectivity index (χ3v) is 6.01. The number of benzene rings is 1. The molecule has 154 valence electrons. The number of nitrogens with two attached hydrogens (primary N) is 1. The Morgan fingerprint density at radius 2 is 2.03 bits per heavy atom. The van der Waals surface area contributed by atoms with Crippen LogP contribution >= 0.6 is 0 Å². The van der Waals surface area contributed by atoms with Crippen molar-refractivity contribution in [2.45, 2.75) is 25.4 Å². The van der Waals surface area contributed by atoms with E-state index in [4.69, 9.17) is 5.73 Å². The summed E-state index contributed by atoms with van der Waals surface area (Å²) in [5.74, 6) is -0.0756. The van der Waals surface area contributed by atoms with Crippen LogP contribution in [0, 0.1) is 5.82 Å². The summed E-state index contributed by atoms with van der Waals surface area (Å²) >= 11 is 0. The average Bonchev–Trinajstić information content (AvgIpc) is 3.34. The number of hydrogen-bond acceptors (Lipinski definition) is 5. The lowest BCUT2D eigenvalue weighted by Crippen LogP contribution is -2.31. The molecule has 0 radical (unpaired) electrons. The summed E-state index contributed by atoms with van der Waals surface area (Å²) in [7, 11) is 3.60. The first-order valence-electron chi connectivity index (χ1n) is 10.0. The molecule has 2 aromatic heterocycles. The van der Waals surface area contributed by atoms with Crippen molar-refractivity contribution in [3.05, 3.63) is 59.3 Å². The summed E-state index contributed by atoms with van der Waals surface area (Å²) in [6.45, 7) is 1.10. The average molecular weight is 406 g/mol. The maximum absolute atomic E-state index is 14.2. The zero-order valence-corrected chi connectivity index (χ0v) is 17.0. The number of aryl methyl sites for hydroxylation is 1. The topological polar surface area (TPSA) is 80.3 Å². The molecule has 2 aliphatic heterocycles. The number of nitrogen functional groups attached to an aromatic ring is 1. The largest absolute Gasteiger partial charge is 0.382 e. The number of aromatic nitrogens is 3. The van der Waals surface area contributed by atoms with Gasteiger partial charge in [-0.15, -0.1) is 0 Å². The number of carbonyl (C=O) groups excluding carboxylic acids is 1. The molecule has 1 amide bonds. The van der Waals surface area contributed by atoms with Crippen molar-refractivity contribution in [1.82, 2.24) is 19.7 Å². The number of rotatable bonds is 0. The highest BCUT2D eigenvalue weighted by Gasteiger charge is 2.33. The number of pyridine rings is 1. The Balaban J connectivity index is 1.77. The lowest BCUT2D eigenvalue weighted by atomic mass is 9.96. The maximum atomic E-state index is 14.2. The number of fused-ring (bicyclic) bond motifs is 8. The van der Waals surface area contributed by atoms with Crippen molar-refractivity contribution in [3.63, 3.8) is 0 Å². The van der Waals surface area contributed by atoms with E-state index in [0.717, 1.165) is 41.9 Å². The van der Waals surface area contributed by atoms with Crippen molar-refractivity contribution in [2.24, 2.45) is 7.05 Å². The van der Waals surface area contributed by atoms with Gasteiger partial charge in [-0.25, -0.2) is 9.37 Å². The fourth-order valence-electron chi connectivity index (χ4n) is 4.62. The predicted octanol–water partition coefficient (Wildman–Crippen LogP) is 3.13. The maximum Gasteiger partial charge on any atom is 0.254 e. The highest BCUT2D eigenvalue weighted by atomic mass is 19.1. The van der Waals surface area contributed by atoms with Gasteiger partial charge < -0.3 is 15.5 Å². The summed E-state index contributed by atoms with van der Waals surface area (Å²) in [4.78, 5) is 21.6. The second-order valence-electron chi connectivity index (χ2n) is 8.04. The van der Waals surface area contributed by atoms with Crippen molar-refractivity contribution in [3.8, 4) is 11.1 Å². The first kappa shape index (κ1) is 18.6. The lowest BCUT2D eigenvalue weighted by Gasteiger charge is -2.30. The van der Waals surface area contributed by atoms with Gasteiger partial charge in [-0.2, -0.15) is 5.10 Å². The molecule has 2 aliphatic rings. The van der Waals surface area contributed by atoms with Gasteiger partial charge in [-0.3, -0.25) is 9.48 Å². The van der Waals surface area contributed by atoms with Gasteiger partial charge in [-0.05, 0) is 42.7 Å². The van der Waals surface area contributed by atoms with Gasteiger partial charge in [0.2, 0.25) is 0 Å². The van der Waals surface area contributed by atoms with Crippen LogP contribution < -0.4 is 10.6 Å². The van der Waals surface area contributed by atoms with Crippen LogP contribution in [0.4, 0.5) is 15.9 Å². The second kappa shape index (κ2) is 6.83. The number of carbonyl (C=O) groups is 1. The van der Waals surface area contributed by atoms with Gasteiger partial charge in [-0.1, -0.05) is 0 Å². The third kappa shape index (κ3) is 2.91. The Kier molecular flexibility index (Phi) is 4.23. The standard InChI is InChI=1S/C22H23FN6O/c1-27-12-18-17(11-28(2)26-18)13-8-20(21(24)25-10-13)29-7-3-4-19(29)16-9-14(23)5-6-15(16)22(27)30/h5-6,8-11,19H,3-4,7,12H2,1-2H3,(H2,24,25)/t19-/m1/s1. The molecule has 0 spiro atoms. The molecule has 0 saturated carbocycles. The highest BCUT2D eigenvalue weighted by Crippen LogP contribution is 2.41. The zero-order chi connectivity index (χ0) is 21.0. The minimum absolute atomic E-state index is 0.139. The summed E-state index contributed by atoms with van der Waals surface area (Å²) in [5, 5.41) is 4.57. The minimum Gasteiger partial charge on any atom is -0.382 e. The van der Waals surface area contributed by atoms with Crippen LogP contribution in [0.15, 0.2) is 36.7 Å². The number of nitrogens with zero attached hydrogens (tertiary/aromatic N) is 5. The molecule has 2 bridgehead atoms. The normalized spacial score (nSPS) is 18.4. The molecular weight excluding hydrogens is 383 g/mol. The summed E-state index contributed by atoms with van der Waals surface area (Å²) < 4.78 is 16.0. The van der Waals surface area contributed by atoms with Crippen LogP contribution in [-0.2, 0) is 13.6 Å². The molecule has 0 unspecified atom stereocenters. The Bertz CT molecular complexity index is 1160. The van der Waals surface area contributed by atoms with Crippen molar-refractivity contribution in [1.29, 1.82) is 0 Å². The molecule has 5 rings (SSSR count). The van der Waals surface area contributed by atoms with Gasteiger partial charge in [0, 0.05) is 49.7 Å². The highest BCUT2D eigenvalue weighted by molar-refractivity contribution is 5.96. The molecule has 0 aliphatic carbocycles. The van der Waals surface area contributed by atoms with Gasteiger partial charge >= 0.3 is 0 Å². The van der Waals surface area contributed by atoms with Gasteiger partial charge in [0.05, 0.1) is 24.0 Å². The van der Waals surface area contributed by atoms with Gasteiger partial charge in [0.15, 0.2) is 0 Å². The van der Waals surface area contributed by atoms with Crippen LogP contribution in [-0.4, -0.2) is 39.2 Å². The first-order valence-corrected chi connectivity index (χ1v) is 10.0. The molecule has 4 heterocycles. The number of amides is 1. The summed E-state index contributed by atoms with van der Waals surface area (Å²) in [6.07, 6.45) is 5.41. The molecule has 2 N–H and O–H groups in total. The van der Waals surface area contributed by atoms with E-state index in [9.17, 15) is 9.18 Å². The van der Waals surface area contributed by atoms with E-state index in [1.165, 1.54) is 12.1 Å². The molecule has 1 fully saturated rings.